The summed E-state index contributed by atoms with van der Waals surface area (Å²) in [5.74, 6) is -0.431. The largest absolute Gasteiger partial charge is 0.324 e. The van der Waals surface area contributed by atoms with Gasteiger partial charge in [-0.15, -0.1) is 0 Å². The lowest BCUT2D eigenvalue weighted by Gasteiger charge is -2.20. The molecule has 9 heteroatoms. The van der Waals surface area contributed by atoms with Crippen molar-refractivity contribution in [3.8, 4) is 11.3 Å². The molecule has 2 aromatic carbocycles. The average molecular weight is 481 g/mol. The van der Waals surface area contributed by atoms with E-state index < -0.39 is 15.9 Å². The minimum absolute atomic E-state index is 0.205. The van der Waals surface area contributed by atoms with Crippen LogP contribution in [0.4, 0.5) is 5.69 Å². The van der Waals surface area contributed by atoms with E-state index in [4.69, 9.17) is 0 Å². The van der Waals surface area contributed by atoms with Gasteiger partial charge in [0.05, 0.1) is 10.6 Å². The summed E-state index contributed by atoms with van der Waals surface area (Å²) in [7, 11) is -3.55. The molecule has 8 nitrogen and oxygen atoms in total. The maximum absolute atomic E-state index is 12.9. The van der Waals surface area contributed by atoms with Crippen LogP contribution in [0, 0.1) is 6.92 Å². The molecule has 3 aromatic rings. The lowest BCUT2D eigenvalue weighted by Crippen LogP contribution is -2.32. The maximum Gasteiger partial charge on any atom is 0.267 e. The number of benzene rings is 2. The first-order chi connectivity index (χ1) is 16.3. The minimum Gasteiger partial charge on any atom is -0.324 e. The maximum atomic E-state index is 12.9. The van der Waals surface area contributed by atoms with Crippen molar-refractivity contribution in [2.75, 3.05) is 18.4 Å². The van der Waals surface area contributed by atoms with Crippen LogP contribution >= 0.6 is 0 Å². The van der Waals surface area contributed by atoms with Crippen molar-refractivity contribution in [2.45, 2.75) is 44.0 Å². The highest BCUT2D eigenvalue weighted by atomic mass is 32.2. The molecule has 2 heterocycles. The smallest absolute Gasteiger partial charge is 0.267 e. The van der Waals surface area contributed by atoms with Crippen LogP contribution in [0.1, 0.15) is 31.2 Å². The number of sulfonamides is 1. The summed E-state index contributed by atoms with van der Waals surface area (Å²) in [5, 5.41) is 7.06. The van der Waals surface area contributed by atoms with Crippen LogP contribution in [0.2, 0.25) is 0 Å². The second-order valence-corrected chi connectivity index (χ2v) is 10.4. The number of amides is 1. The number of hydrogen-bond donors (Lipinski definition) is 1. The fourth-order valence-corrected chi connectivity index (χ4v) is 5.56. The summed E-state index contributed by atoms with van der Waals surface area (Å²) in [6, 6.07) is 16.8. The number of aromatic nitrogens is 2. The SMILES string of the molecule is Cc1ccccc1-c1ccc(=O)n(CC(=O)Nc2ccc(S(=O)(=O)N3CCCCCC3)cc2)n1. The minimum atomic E-state index is -3.55. The van der Waals surface area contributed by atoms with Gasteiger partial charge >= 0.3 is 0 Å². The number of nitrogens with zero attached hydrogens (tertiary/aromatic N) is 3. The number of carbonyl (C=O) groups is 1. The topological polar surface area (TPSA) is 101 Å². The molecule has 0 unspecified atom stereocenters. The Labute approximate surface area is 199 Å². The molecule has 0 saturated carbocycles. The Morgan fingerprint density at radius 1 is 0.941 bits per heavy atom. The van der Waals surface area contributed by atoms with E-state index in [1.54, 1.807) is 18.2 Å². The molecular weight excluding hydrogens is 452 g/mol. The Bertz CT molecular complexity index is 1330. The van der Waals surface area contributed by atoms with E-state index in [0.717, 1.165) is 41.5 Å². The molecule has 0 bridgehead atoms. The van der Waals surface area contributed by atoms with Gasteiger partial charge in [-0.3, -0.25) is 9.59 Å². The van der Waals surface area contributed by atoms with Crippen LogP contribution in [-0.4, -0.2) is 41.5 Å². The zero-order valence-electron chi connectivity index (χ0n) is 19.1. The molecule has 1 aliphatic rings. The molecule has 1 saturated heterocycles. The Hall–Kier alpha value is -3.30. The van der Waals surface area contributed by atoms with E-state index >= 15 is 0 Å². The standard InChI is InChI=1S/C25H28N4O4S/c1-19-8-4-5-9-22(19)23-14-15-25(31)29(27-23)18-24(30)26-20-10-12-21(13-11-20)34(32,33)28-16-6-2-3-7-17-28/h4-5,8-15H,2-3,6-7,16-18H2,1H3,(H,26,30). The molecule has 0 radical (unpaired) electrons. The summed E-state index contributed by atoms with van der Waals surface area (Å²) in [6.07, 6.45) is 3.82. The Morgan fingerprint density at radius 2 is 1.62 bits per heavy atom. The zero-order chi connectivity index (χ0) is 24.1. The number of carbonyl (C=O) groups excluding carboxylic acids is 1. The molecule has 1 N–H and O–H groups in total. The normalized spacial score (nSPS) is 15.0. The first kappa shape index (κ1) is 23.8. The predicted octanol–water partition coefficient (Wildman–Crippen LogP) is 3.42. The number of anilines is 1. The first-order valence-electron chi connectivity index (χ1n) is 11.4. The third-order valence-electron chi connectivity index (χ3n) is 5.92. The lowest BCUT2D eigenvalue weighted by molar-refractivity contribution is -0.117. The average Bonchev–Trinajstić information content (AvgIpc) is 3.12. The van der Waals surface area contributed by atoms with Gasteiger partial charge in [0.25, 0.3) is 5.56 Å². The molecule has 1 aliphatic heterocycles. The van der Waals surface area contributed by atoms with Gasteiger partial charge in [-0.2, -0.15) is 9.40 Å². The van der Waals surface area contributed by atoms with E-state index in [1.165, 1.54) is 22.5 Å². The molecule has 1 aromatic heterocycles. The van der Waals surface area contributed by atoms with Crippen LogP contribution in [0.25, 0.3) is 11.3 Å². The van der Waals surface area contributed by atoms with E-state index in [-0.39, 0.29) is 17.0 Å². The lowest BCUT2D eigenvalue weighted by atomic mass is 10.1. The second kappa shape index (κ2) is 10.3. The summed E-state index contributed by atoms with van der Waals surface area (Å²) in [6.45, 7) is 2.76. The van der Waals surface area contributed by atoms with Crippen molar-refractivity contribution in [2.24, 2.45) is 0 Å². The Kier molecular flexibility index (Phi) is 7.23. The van der Waals surface area contributed by atoms with Crippen LogP contribution < -0.4 is 10.9 Å². The number of rotatable bonds is 6. The van der Waals surface area contributed by atoms with E-state index in [9.17, 15) is 18.0 Å². The molecular formula is C25H28N4O4S. The molecule has 34 heavy (non-hydrogen) atoms. The van der Waals surface area contributed by atoms with Crippen LogP contribution in [0.15, 0.2) is 70.4 Å². The number of nitrogens with one attached hydrogen (secondary N) is 1. The third kappa shape index (κ3) is 5.43. The van der Waals surface area contributed by atoms with Crippen molar-refractivity contribution in [1.29, 1.82) is 0 Å². The van der Waals surface area contributed by atoms with Gasteiger partial charge in [0.1, 0.15) is 6.54 Å². The van der Waals surface area contributed by atoms with Crippen LogP contribution in [0.5, 0.6) is 0 Å². The fourth-order valence-electron chi connectivity index (χ4n) is 4.04. The van der Waals surface area contributed by atoms with Crippen molar-refractivity contribution in [3.05, 3.63) is 76.6 Å². The molecule has 0 atom stereocenters. The van der Waals surface area contributed by atoms with Gasteiger partial charge in [0, 0.05) is 30.4 Å². The first-order valence-corrected chi connectivity index (χ1v) is 12.8. The molecule has 0 spiro atoms. The zero-order valence-corrected chi connectivity index (χ0v) is 19.9. The molecule has 1 fully saturated rings. The Morgan fingerprint density at radius 3 is 2.29 bits per heavy atom. The summed E-state index contributed by atoms with van der Waals surface area (Å²) in [5.41, 5.74) is 2.57. The molecule has 0 aliphatic carbocycles. The van der Waals surface area contributed by atoms with Gasteiger partial charge in [0.2, 0.25) is 15.9 Å². The highest BCUT2D eigenvalue weighted by molar-refractivity contribution is 7.89. The van der Waals surface area contributed by atoms with Crippen molar-refractivity contribution in [3.63, 3.8) is 0 Å². The molecule has 4 rings (SSSR count). The van der Waals surface area contributed by atoms with E-state index in [2.05, 4.69) is 10.4 Å². The van der Waals surface area contributed by atoms with Crippen molar-refractivity contribution in [1.82, 2.24) is 14.1 Å². The van der Waals surface area contributed by atoms with Gasteiger partial charge in [0.15, 0.2) is 0 Å². The monoisotopic (exact) mass is 480 g/mol. The predicted molar refractivity (Wildman–Crippen MR) is 131 cm³/mol. The quantitative estimate of drug-likeness (QED) is 0.583. The number of aryl methyl sites for hydroxylation is 1. The summed E-state index contributed by atoms with van der Waals surface area (Å²) in [4.78, 5) is 25.0. The van der Waals surface area contributed by atoms with Crippen molar-refractivity contribution < 1.29 is 13.2 Å². The van der Waals surface area contributed by atoms with Crippen molar-refractivity contribution >= 4 is 21.6 Å². The van der Waals surface area contributed by atoms with Gasteiger partial charge < -0.3 is 5.32 Å². The highest BCUT2D eigenvalue weighted by Crippen LogP contribution is 2.22. The fraction of sp³-hybridized carbons (Fsp3) is 0.320. The summed E-state index contributed by atoms with van der Waals surface area (Å²) >= 11 is 0. The summed E-state index contributed by atoms with van der Waals surface area (Å²) < 4.78 is 28.5. The Balaban J connectivity index is 1.45. The second-order valence-electron chi connectivity index (χ2n) is 8.42. The molecule has 178 valence electrons. The highest BCUT2D eigenvalue weighted by Gasteiger charge is 2.25. The molecule has 1 amide bonds. The van der Waals surface area contributed by atoms with E-state index in [0.29, 0.717) is 24.5 Å². The van der Waals surface area contributed by atoms with Gasteiger partial charge in [-0.05, 0) is 55.7 Å². The van der Waals surface area contributed by atoms with E-state index in [1.807, 2.05) is 31.2 Å². The van der Waals surface area contributed by atoms with Crippen LogP contribution in [-0.2, 0) is 21.4 Å². The third-order valence-corrected chi connectivity index (χ3v) is 7.83. The van der Waals surface area contributed by atoms with Gasteiger partial charge in [-0.25, -0.2) is 13.1 Å². The number of hydrogen-bond acceptors (Lipinski definition) is 5. The van der Waals surface area contributed by atoms with Gasteiger partial charge in [-0.1, -0.05) is 37.1 Å². The van der Waals surface area contributed by atoms with Crippen LogP contribution in [0.3, 0.4) is 0 Å².